The van der Waals surface area contributed by atoms with Gasteiger partial charge in [-0.2, -0.15) is 10.1 Å². The summed E-state index contributed by atoms with van der Waals surface area (Å²) < 4.78 is 14.5. The van der Waals surface area contributed by atoms with E-state index in [2.05, 4.69) is 10.1 Å². The van der Waals surface area contributed by atoms with E-state index in [1.54, 1.807) is 12.4 Å². The molecule has 4 nitrogen and oxygen atoms in total. The van der Waals surface area contributed by atoms with Crippen LogP contribution < -0.4 is 0 Å². The van der Waals surface area contributed by atoms with Crippen LogP contribution in [0.3, 0.4) is 0 Å². The predicted octanol–water partition coefficient (Wildman–Crippen LogP) is 2.29. The Morgan fingerprint density at radius 3 is 2.94 bits per heavy atom. The van der Waals surface area contributed by atoms with Crippen LogP contribution in [0.5, 0.6) is 0 Å². The molecule has 1 aromatic carbocycles. The van der Waals surface area contributed by atoms with Gasteiger partial charge in [0, 0.05) is 12.3 Å². The minimum Gasteiger partial charge on any atom is -0.238 e. The maximum Gasteiger partial charge on any atom is 0.240 e. The Morgan fingerprint density at radius 1 is 1.50 bits per heavy atom. The van der Waals surface area contributed by atoms with Crippen LogP contribution in [0.2, 0.25) is 0 Å². The second kappa shape index (κ2) is 4.08. The maximum absolute atomic E-state index is 13.0. The van der Waals surface area contributed by atoms with Gasteiger partial charge in [0.2, 0.25) is 6.08 Å². The summed E-state index contributed by atoms with van der Waals surface area (Å²) in [5, 5.41) is 4.06. The normalized spacial score (nSPS) is 9.88. The number of aliphatic imine (C=N–C) groups is 1. The lowest BCUT2D eigenvalue weighted by Gasteiger charge is -2.03. The van der Waals surface area contributed by atoms with Crippen LogP contribution in [0.1, 0.15) is 5.56 Å². The number of aryl methyl sites for hydroxylation is 1. The van der Waals surface area contributed by atoms with E-state index in [0.717, 1.165) is 11.6 Å². The molecule has 0 unspecified atom stereocenters. The summed E-state index contributed by atoms with van der Waals surface area (Å²) in [5.41, 5.74) is 1.71. The second-order valence-electron chi connectivity index (χ2n) is 3.30. The molecule has 1 heterocycles. The van der Waals surface area contributed by atoms with Crippen molar-refractivity contribution in [1.29, 1.82) is 0 Å². The number of rotatable bonds is 2. The molecule has 0 amide bonds. The average molecular weight is 217 g/mol. The predicted molar refractivity (Wildman–Crippen MR) is 56.0 cm³/mol. The van der Waals surface area contributed by atoms with Crippen LogP contribution in [-0.4, -0.2) is 15.9 Å². The van der Waals surface area contributed by atoms with E-state index in [-0.39, 0.29) is 5.69 Å². The topological polar surface area (TPSA) is 47.2 Å². The summed E-state index contributed by atoms with van der Waals surface area (Å²) in [6.45, 7) is 1.88. The zero-order valence-electron chi connectivity index (χ0n) is 8.51. The van der Waals surface area contributed by atoms with Crippen molar-refractivity contribution in [2.24, 2.45) is 4.99 Å². The van der Waals surface area contributed by atoms with Gasteiger partial charge >= 0.3 is 0 Å². The molecule has 1 aromatic heterocycles. The van der Waals surface area contributed by atoms with Crippen molar-refractivity contribution in [1.82, 2.24) is 9.78 Å². The smallest absolute Gasteiger partial charge is 0.238 e. The van der Waals surface area contributed by atoms with Crippen LogP contribution in [0.15, 0.2) is 35.6 Å². The number of aromatic nitrogens is 2. The van der Waals surface area contributed by atoms with Gasteiger partial charge in [-0.1, -0.05) is 0 Å². The van der Waals surface area contributed by atoms with Gasteiger partial charge in [0.25, 0.3) is 0 Å². The van der Waals surface area contributed by atoms with Gasteiger partial charge in [0.1, 0.15) is 11.5 Å². The van der Waals surface area contributed by atoms with E-state index in [9.17, 15) is 9.18 Å². The Morgan fingerprint density at radius 2 is 2.31 bits per heavy atom. The molecule has 0 aliphatic carbocycles. The summed E-state index contributed by atoms with van der Waals surface area (Å²) in [7, 11) is 0. The summed E-state index contributed by atoms with van der Waals surface area (Å²) >= 11 is 0. The highest BCUT2D eigenvalue weighted by atomic mass is 19.1. The quantitative estimate of drug-likeness (QED) is 0.572. The molecule has 0 saturated heterocycles. The molecular formula is C11H8FN3O. The molecule has 0 saturated carbocycles. The summed E-state index contributed by atoms with van der Waals surface area (Å²) in [4.78, 5) is 13.7. The molecule has 16 heavy (non-hydrogen) atoms. The molecule has 5 heteroatoms. The number of benzene rings is 1. The Kier molecular flexibility index (Phi) is 2.62. The largest absolute Gasteiger partial charge is 0.240 e. The Hall–Kier alpha value is -2.26. The number of hydrogen-bond acceptors (Lipinski definition) is 3. The zero-order chi connectivity index (χ0) is 11.5. The second-order valence-corrected chi connectivity index (χ2v) is 3.30. The number of isocyanates is 1. The third kappa shape index (κ3) is 1.89. The lowest BCUT2D eigenvalue weighted by molar-refractivity contribution is 0.565. The van der Waals surface area contributed by atoms with Gasteiger partial charge in [0.05, 0.1) is 11.9 Å². The van der Waals surface area contributed by atoms with Crippen LogP contribution in [-0.2, 0) is 4.79 Å². The highest BCUT2D eigenvalue weighted by Crippen LogP contribution is 2.23. The highest BCUT2D eigenvalue weighted by molar-refractivity contribution is 5.61. The third-order valence-electron chi connectivity index (χ3n) is 2.06. The van der Waals surface area contributed by atoms with Gasteiger partial charge in [-0.15, -0.1) is 0 Å². The average Bonchev–Trinajstić information content (AvgIpc) is 2.65. The standard InChI is InChI=1S/C11H8FN3O/c1-8-5-14-15(6-8)11-3-2-9(12)4-10(11)13-7-16/h2-6H,1H3. The van der Waals surface area contributed by atoms with E-state index in [1.165, 1.54) is 22.9 Å². The van der Waals surface area contributed by atoms with Crippen LogP contribution in [0.25, 0.3) is 5.69 Å². The molecule has 0 bridgehead atoms. The van der Waals surface area contributed by atoms with Crippen LogP contribution in [0.4, 0.5) is 10.1 Å². The van der Waals surface area contributed by atoms with Crippen molar-refractivity contribution in [2.45, 2.75) is 6.92 Å². The van der Waals surface area contributed by atoms with Crippen LogP contribution in [0, 0.1) is 12.7 Å². The Balaban J connectivity index is 2.59. The monoisotopic (exact) mass is 217 g/mol. The lowest BCUT2D eigenvalue weighted by atomic mass is 10.2. The highest BCUT2D eigenvalue weighted by Gasteiger charge is 2.06. The molecule has 0 fully saturated rings. The molecule has 2 rings (SSSR count). The fourth-order valence-electron chi connectivity index (χ4n) is 1.37. The maximum atomic E-state index is 13.0. The van der Waals surface area contributed by atoms with Gasteiger partial charge in [-0.25, -0.2) is 13.9 Å². The van der Waals surface area contributed by atoms with Crippen molar-refractivity contribution in [3.8, 4) is 5.69 Å². The van der Waals surface area contributed by atoms with E-state index in [0.29, 0.717) is 5.69 Å². The van der Waals surface area contributed by atoms with E-state index < -0.39 is 5.82 Å². The first-order chi connectivity index (χ1) is 7.70. The van der Waals surface area contributed by atoms with Gasteiger partial charge in [0.15, 0.2) is 0 Å². The first-order valence-electron chi connectivity index (χ1n) is 4.60. The molecule has 0 aliphatic heterocycles. The first-order valence-corrected chi connectivity index (χ1v) is 4.60. The summed E-state index contributed by atoms with van der Waals surface area (Å²) in [5.74, 6) is -0.457. The third-order valence-corrected chi connectivity index (χ3v) is 2.06. The number of hydrogen-bond donors (Lipinski definition) is 0. The van der Waals surface area contributed by atoms with Crippen molar-refractivity contribution < 1.29 is 9.18 Å². The fourth-order valence-corrected chi connectivity index (χ4v) is 1.37. The Bertz CT molecular complexity index is 570. The van der Waals surface area contributed by atoms with Crippen LogP contribution >= 0.6 is 0 Å². The van der Waals surface area contributed by atoms with E-state index in [4.69, 9.17) is 0 Å². The molecule has 0 aliphatic rings. The molecule has 2 aromatic rings. The number of carbonyl (C=O) groups excluding carboxylic acids is 1. The van der Waals surface area contributed by atoms with E-state index in [1.807, 2.05) is 6.92 Å². The van der Waals surface area contributed by atoms with Gasteiger partial charge < -0.3 is 0 Å². The molecule has 80 valence electrons. The Labute approximate surface area is 91.0 Å². The SMILES string of the molecule is Cc1cnn(-c2ccc(F)cc2N=C=O)c1. The summed E-state index contributed by atoms with van der Waals surface area (Å²) in [6.07, 6.45) is 4.82. The first kappa shape index (κ1) is 10.3. The van der Waals surface area contributed by atoms with Gasteiger partial charge in [-0.05, 0) is 24.6 Å². The van der Waals surface area contributed by atoms with E-state index >= 15 is 0 Å². The molecular weight excluding hydrogens is 209 g/mol. The van der Waals surface area contributed by atoms with Crippen molar-refractivity contribution in [3.63, 3.8) is 0 Å². The number of nitrogens with zero attached hydrogens (tertiary/aromatic N) is 3. The minimum absolute atomic E-state index is 0.207. The van der Waals surface area contributed by atoms with Gasteiger partial charge in [-0.3, -0.25) is 0 Å². The molecule has 0 atom stereocenters. The van der Waals surface area contributed by atoms with Crippen molar-refractivity contribution in [3.05, 3.63) is 42.0 Å². The number of halogens is 1. The molecule has 0 spiro atoms. The van der Waals surface area contributed by atoms with Crippen molar-refractivity contribution >= 4 is 11.8 Å². The summed E-state index contributed by atoms with van der Waals surface area (Å²) in [6, 6.07) is 3.96. The fraction of sp³-hybridized carbons (Fsp3) is 0.0909. The lowest BCUT2D eigenvalue weighted by Crippen LogP contribution is -1.95. The minimum atomic E-state index is -0.457. The zero-order valence-corrected chi connectivity index (χ0v) is 8.51. The molecule has 0 radical (unpaired) electrons. The van der Waals surface area contributed by atoms with Crippen molar-refractivity contribution in [2.75, 3.05) is 0 Å². The molecule has 0 N–H and O–H groups in total.